The van der Waals surface area contributed by atoms with E-state index < -0.39 is 0 Å². The summed E-state index contributed by atoms with van der Waals surface area (Å²) in [5.74, 6) is 0.183. The maximum absolute atomic E-state index is 13.1. The average Bonchev–Trinajstić information content (AvgIpc) is 3.06. The van der Waals surface area contributed by atoms with Crippen LogP contribution in [0.15, 0.2) is 42.5 Å². The third kappa shape index (κ3) is 2.80. The number of rotatable bonds is 2. The van der Waals surface area contributed by atoms with E-state index in [1.807, 2.05) is 41.3 Å². The summed E-state index contributed by atoms with van der Waals surface area (Å²) < 4.78 is 5.62. The van der Waals surface area contributed by atoms with E-state index in [2.05, 4.69) is 6.07 Å². The lowest BCUT2D eigenvalue weighted by molar-refractivity contribution is -0.0383. The van der Waals surface area contributed by atoms with Crippen molar-refractivity contribution >= 4 is 16.7 Å². The van der Waals surface area contributed by atoms with Gasteiger partial charge in [0.1, 0.15) is 0 Å². The molecule has 0 radical (unpaired) electrons. The zero-order valence-electron chi connectivity index (χ0n) is 13.7. The largest absolute Gasteiger partial charge is 0.393 e. The molecule has 3 unspecified atom stereocenters. The van der Waals surface area contributed by atoms with E-state index >= 15 is 0 Å². The Hall–Kier alpha value is -1.91. The number of morpholine rings is 1. The quantitative estimate of drug-likeness (QED) is 0.924. The Kier molecular flexibility index (Phi) is 4.25. The summed E-state index contributed by atoms with van der Waals surface area (Å²) in [7, 11) is 0. The number of amides is 1. The van der Waals surface area contributed by atoms with Crippen LogP contribution in [-0.4, -0.2) is 47.8 Å². The fourth-order valence-corrected chi connectivity index (χ4v) is 4.14. The normalized spacial score (nSPS) is 27.5. The maximum Gasteiger partial charge on any atom is 0.254 e. The van der Waals surface area contributed by atoms with Crippen molar-refractivity contribution in [1.82, 2.24) is 4.90 Å². The molecule has 4 nitrogen and oxygen atoms in total. The van der Waals surface area contributed by atoms with Crippen LogP contribution in [0.1, 0.15) is 29.6 Å². The summed E-state index contributed by atoms with van der Waals surface area (Å²) in [6.45, 7) is 1.69. The van der Waals surface area contributed by atoms with Crippen molar-refractivity contribution in [3.63, 3.8) is 0 Å². The zero-order valence-corrected chi connectivity index (χ0v) is 13.7. The first-order valence-corrected chi connectivity index (χ1v) is 8.79. The van der Waals surface area contributed by atoms with Gasteiger partial charge in [0.2, 0.25) is 0 Å². The minimum absolute atomic E-state index is 0.0183. The lowest BCUT2D eigenvalue weighted by Crippen LogP contribution is -2.53. The molecule has 4 rings (SSSR count). The molecular weight excluding hydrogens is 302 g/mol. The van der Waals surface area contributed by atoms with Gasteiger partial charge in [0, 0.05) is 18.0 Å². The van der Waals surface area contributed by atoms with E-state index in [1.54, 1.807) is 0 Å². The minimum Gasteiger partial charge on any atom is -0.393 e. The van der Waals surface area contributed by atoms with E-state index in [4.69, 9.17) is 4.74 Å². The van der Waals surface area contributed by atoms with Crippen LogP contribution in [0.5, 0.6) is 0 Å². The van der Waals surface area contributed by atoms with Crippen LogP contribution < -0.4 is 0 Å². The van der Waals surface area contributed by atoms with E-state index in [9.17, 15) is 9.90 Å². The third-order valence-electron chi connectivity index (χ3n) is 5.45. The summed E-state index contributed by atoms with van der Waals surface area (Å²) >= 11 is 0. The SMILES string of the molecule is O=C(c1ccc2ccccc2c1)N1CCOCC1C1CCCC1O. The van der Waals surface area contributed by atoms with Crippen molar-refractivity contribution in [1.29, 1.82) is 0 Å². The first kappa shape index (κ1) is 15.6. The molecule has 1 heterocycles. The molecule has 0 bridgehead atoms. The second kappa shape index (κ2) is 6.54. The fraction of sp³-hybridized carbons (Fsp3) is 0.450. The highest BCUT2D eigenvalue weighted by Gasteiger charge is 2.39. The molecular formula is C20H23NO3. The van der Waals surface area contributed by atoms with Gasteiger partial charge < -0.3 is 14.7 Å². The fourth-order valence-electron chi connectivity index (χ4n) is 4.14. The predicted molar refractivity (Wildman–Crippen MR) is 92.9 cm³/mol. The number of fused-ring (bicyclic) bond motifs is 1. The first-order chi connectivity index (χ1) is 11.7. The number of carbonyl (C=O) groups is 1. The molecule has 2 fully saturated rings. The minimum atomic E-state index is -0.316. The number of nitrogens with zero attached hydrogens (tertiary/aromatic N) is 1. The Morgan fingerprint density at radius 3 is 2.75 bits per heavy atom. The van der Waals surface area contributed by atoms with Crippen molar-refractivity contribution < 1.29 is 14.6 Å². The zero-order chi connectivity index (χ0) is 16.5. The number of aliphatic hydroxyl groups is 1. The van der Waals surface area contributed by atoms with Crippen LogP contribution >= 0.6 is 0 Å². The van der Waals surface area contributed by atoms with E-state index in [1.165, 1.54) is 0 Å². The Morgan fingerprint density at radius 2 is 1.96 bits per heavy atom. The van der Waals surface area contributed by atoms with E-state index in [-0.39, 0.29) is 24.0 Å². The van der Waals surface area contributed by atoms with Gasteiger partial charge in [-0.3, -0.25) is 4.79 Å². The van der Waals surface area contributed by atoms with Crippen LogP contribution in [0, 0.1) is 5.92 Å². The molecule has 1 amide bonds. The number of ether oxygens (including phenoxy) is 1. The van der Waals surface area contributed by atoms with Crippen molar-refractivity contribution in [2.75, 3.05) is 19.8 Å². The summed E-state index contributed by atoms with van der Waals surface area (Å²) in [6.07, 6.45) is 2.51. The topological polar surface area (TPSA) is 49.8 Å². The van der Waals surface area contributed by atoms with E-state index in [0.717, 1.165) is 30.0 Å². The maximum atomic E-state index is 13.1. The summed E-state index contributed by atoms with van der Waals surface area (Å²) in [4.78, 5) is 15.0. The Balaban J connectivity index is 1.62. The molecule has 2 aromatic rings. The Labute approximate surface area is 142 Å². The molecule has 4 heteroatoms. The standard InChI is InChI=1S/C20H23NO3/c22-19-7-3-6-17(19)18-13-24-11-10-21(18)20(23)16-9-8-14-4-1-2-5-15(14)12-16/h1-2,4-5,8-9,12,17-19,22H,3,6-7,10-11,13H2. The third-order valence-corrected chi connectivity index (χ3v) is 5.45. The summed E-state index contributed by atoms with van der Waals surface area (Å²) in [6, 6.07) is 13.9. The van der Waals surface area contributed by atoms with Crippen LogP contribution in [0.4, 0.5) is 0 Å². The van der Waals surface area contributed by atoms with Crippen LogP contribution in [0.3, 0.4) is 0 Å². The van der Waals surface area contributed by atoms with Gasteiger partial charge in [0.15, 0.2) is 0 Å². The van der Waals surface area contributed by atoms with Gasteiger partial charge >= 0.3 is 0 Å². The predicted octanol–water partition coefficient (Wildman–Crippen LogP) is 2.84. The lowest BCUT2D eigenvalue weighted by Gasteiger charge is -2.40. The van der Waals surface area contributed by atoms with Gasteiger partial charge in [0.25, 0.3) is 5.91 Å². The number of hydrogen-bond acceptors (Lipinski definition) is 3. The van der Waals surface area contributed by atoms with Gasteiger partial charge in [-0.2, -0.15) is 0 Å². The lowest BCUT2D eigenvalue weighted by atomic mass is 9.93. The second-order valence-corrected chi connectivity index (χ2v) is 6.86. The number of aliphatic hydroxyl groups excluding tert-OH is 1. The van der Waals surface area contributed by atoms with E-state index in [0.29, 0.717) is 25.3 Å². The second-order valence-electron chi connectivity index (χ2n) is 6.86. The molecule has 1 aliphatic carbocycles. The molecule has 126 valence electrons. The summed E-state index contributed by atoms with van der Waals surface area (Å²) in [5, 5.41) is 12.5. The van der Waals surface area contributed by atoms with Crippen LogP contribution in [0.25, 0.3) is 10.8 Å². The average molecular weight is 325 g/mol. The summed E-state index contributed by atoms with van der Waals surface area (Å²) in [5.41, 5.74) is 0.716. The molecule has 0 aromatic heterocycles. The van der Waals surface area contributed by atoms with Gasteiger partial charge in [0.05, 0.1) is 25.4 Å². The van der Waals surface area contributed by atoms with Gasteiger partial charge in [-0.1, -0.05) is 36.8 Å². The highest BCUT2D eigenvalue weighted by molar-refractivity contribution is 5.98. The molecule has 1 saturated heterocycles. The van der Waals surface area contributed by atoms with Gasteiger partial charge in [-0.25, -0.2) is 0 Å². The number of hydrogen-bond donors (Lipinski definition) is 1. The van der Waals surface area contributed by atoms with Gasteiger partial charge in [-0.05, 0) is 35.7 Å². The number of benzene rings is 2. The molecule has 2 aromatic carbocycles. The highest BCUT2D eigenvalue weighted by Crippen LogP contribution is 2.33. The molecule has 1 saturated carbocycles. The first-order valence-electron chi connectivity index (χ1n) is 8.79. The molecule has 24 heavy (non-hydrogen) atoms. The molecule has 2 aliphatic rings. The highest BCUT2D eigenvalue weighted by atomic mass is 16.5. The number of carbonyl (C=O) groups excluding carboxylic acids is 1. The Bertz CT molecular complexity index is 744. The van der Waals surface area contributed by atoms with Crippen molar-refractivity contribution in [3.05, 3.63) is 48.0 Å². The monoisotopic (exact) mass is 325 g/mol. The molecule has 3 atom stereocenters. The van der Waals surface area contributed by atoms with Crippen molar-refractivity contribution in [2.45, 2.75) is 31.4 Å². The van der Waals surface area contributed by atoms with Crippen molar-refractivity contribution in [3.8, 4) is 0 Å². The molecule has 0 spiro atoms. The smallest absolute Gasteiger partial charge is 0.254 e. The van der Waals surface area contributed by atoms with Gasteiger partial charge in [-0.15, -0.1) is 0 Å². The van der Waals surface area contributed by atoms with Crippen LogP contribution in [0.2, 0.25) is 0 Å². The van der Waals surface area contributed by atoms with Crippen molar-refractivity contribution in [2.24, 2.45) is 5.92 Å². The molecule has 1 N–H and O–H groups in total. The Morgan fingerprint density at radius 1 is 1.12 bits per heavy atom. The van der Waals surface area contributed by atoms with Crippen LogP contribution in [-0.2, 0) is 4.74 Å². The molecule has 1 aliphatic heterocycles.